The Morgan fingerprint density at radius 1 is 1.00 bits per heavy atom. The van der Waals surface area contributed by atoms with E-state index in [9.17, 15) is 18.4 Å². The third-order valence-corrected chi connectivity index (χ3v) is 6.64. The van der Waals surface area contributed by atoms with Crippen molar-refractivity contribution in [3.8, 4) is 28.6 Å². The van der Waals surface area contributed by atoms with Crippen molar-refractivity contribution in [1.29, 1.82) is 0 Å². The van der Waals surface area contributed by atoms with Crippen LogP contribution in [0.3, 0.4) is 0 Å². The van der Waals surface area contributed by atoms with Gasteiger partial charge in [0.2, 0.25) is 5.88 Å². The van der Waals surface area contributed by atoms with Gasteiger partial charge in [-0.25, -0.2) is 14.8 Å². The first-order valence-corrected chi connectivity index (χ1v) is 13.3. The molecule has 0 atom stereocenters. The van der Waals surface area contributed by atoms with Crippen molar-refractivity contribution in [1.82, 2.24) is 15.0 Å². The highest BCUT2D eigenvalue weighted by Crippen LogP contribution is 2.36. The number of carbonyl (C=O) groups excluding carboxylic acids is 2. The van der Waals surface area contributed by atoms with Crippen molar-refractivity contribution < 1.29 is 32.6 Å². The molecule has 1 aliphatic rings. The molecule has 11 heteroatoms. The second-order valence-electron chi connectivity index (χ2n) is 9.93. The molecule has 5 rings (SSSR count). The van der Waals surface area contributed by atoms with Gasteiger partial charge in [-0.2, -0.15) is 8.78 Å². The number of alkyl halides is 2. The molecule has 0 unspecified atom stereocenters. The predicted octanol–water partition coefficient (Wildman–Crippen LogP) is 6.04. The number of amides is 1. The van der Waals surface area contributed by atoms with E-state index in [4.69, 9.17) is 9.47 Å². The lowest BCUT2D eigenvalue weighted by atomic mass is 10.1. The molecule has 0 aliphatic heterocycles. The highest BCUT2D eigenvalue weighted by Gasteiger charge is 2.24. The van der Waals surface area contributed by atoms with Crippen LogP contribution >= 0.6 is 0 Å². The fourth-order valence-electron chi connectivity index (χ4n) is 4.04. The molecule has 0 N–H and O–H groups in total. The van der Waals surface area contributed by atoms with Gasteiger partial charge in [-0.05, 0) is 69.0 Å². The van der Waals surface area contributed by atoms with Crippen molar-refractivity contribution >= 4 is 17.6 Å². The molecule has 0 saturated heterocycles. The first-order chi connectivity index (χ1) is 20.2. The van der Waals surface area contributed by atoms with E-state index in [1.165, 1.54) is 41.4 Å². The lowest BCUT2D eigenvalue weighted by Gasteiger charge is -2.17. The van der Waals surface area contributed by atoms with Gasteiger partial charge in [-0.1, -0.05) is 23.8 Å². The van der Waals surface area contributed by atoms with Crippen LogP contribution in [0.25, 0.3) is 11.3 Å². The van der Waals surface area contributed by atoms with E-state index in [1.54, 1.807) is 20.0 Å². The Morgan fingerprint density at radius 3 is 2.48 bits per heavy atom. The third-order valence-electron chi connectivity index (χ3n) is 6.64. The molecule has 42 heavy (non-hydrogen) atoms. The number of carbonyl (C=O) groups is 2. The second kappa shape index (κ2) is 12.3. The quantitative estimate of drug-likeness (QED) is 0.211. The average Bonchev–Trinajstić information content (AvgIpc) is 3.81. The van der Waals surface area contributed by atoms with Crippen molar-refractivity contribution in [2.75, 3.05) is 18.6 Å². The summed E-state index contributed by atoms with van der Waals surface area (Å²) >= 11 is 0. The number of pyridine rings is 1. The molecule has 1 amide bonds. The largest absolute Gasteiger partial charge is 0.489 e. The van der Waals surface area contributed by atoms with Gasteiger partial charge in [-0.15, -0.1) is 0 Å². The number of nitrogens with zero attached hydrogens (tertiary/aromatic N) is 4. The summed E-state index contributed by atoms with van der Waals surface area (Å²) in [5.41, 5.74) is 2.85. The highest BCUT2D eigenvalue weighted by atomic mass is 19.3. The number of hydrogen-bond acceptors (Lipinski definition) is 8. The molecule has 9 nitrogen and oxygen atoms in total. The van der Waals surface area contributed by atoms with Gasteiger partial charge in [0.05, 0.1) is 24.2 Å². The maximum atomic E-state index is 13.1. The summed E-state index contributed by atoms with van der Waals surface area (Å²) in [5, 5.41) is 0. The van der Waals surface area contributed by atoms with E-state index in [2.05, 4.69) is 19.7 Å². The summed E-state index contributed by atoms with van der Waals surface area (Å²) in [4.78, 5) is 40.5. The van der Waals surface area contributed by atoms with E-state index in [0.29, 0.717) is 35.2 Å². The van der Waals surface area contributed by atoms with Crippen LogP contribution in [0.1, 0.15) is 45.1 Å². The molecule has 1 fully saturated rings. The zero-order valence-electron chi connectivity index (χ0n) is 23.2. The Kier molecular flexibility index (Phi) is 8.37. The standard InChI is InChI=1S/C31H28F2N4O5/c1-18-7-12-22(13-8-18)37(3)29(38)23-5-4-6-27(35-23)42-30(39)28-19(2)34-16-24(36-28)21-11-14-25(41-31(32)33)26(15-21)40-17-20-9-10-20/h4-8,11-16,20,31H,9-10,17H2,1-3H3. The van der Waals surface area contributed by atoms with Crippen LogP contribution in [0.15, 0.2) is 66.9 Å². The van der Waals surface area contributed by atoms with Gasteiger partial charge in [0.25, 0.3) is 5.91 Å². The van der Waals surface area contributed by atoms with Crippen molar-refractivity contribution in [2.45, 2.75) is 33.3 Å². The number of benzene rings is 2. The van der Waals surface area contributed by atoms with Crippen LogP contribution in [0.5, 0.6) is 17.4 Å². The second-order valence-corrected chi connectivity index (χ2v) is 9.93. The van der Waals surface area contributed by atoms with E-state index in [-0.39, 0.29) is 34.7 Å². The molecule has 2 heterocycles. The molecule has 216 valence electrons. The van der Waals surface area contributed by atoms with E-state index in [0.717, 1.165) is 18.4 Å². The minimum atomic E-state index is -3.01. The molecule has 2 aromatic heterocycles. The predicted molar refractivity (Wildman–Crippen MR) is 150 cm³/mol. The zero-order valence-corrected chi connectivity index (χ0v) is 23.2. The Labute approximate surface area is 241 Å². The molecule has 1 aliphatic carbocycles. The Hall–Kier alpha value is -4.93. The molecular formula is C31H28F2N4O5. The smallest absolute Gasteiger partial charge is 0.387 e. The summed E-state index contributed by atoms with van der Waals surface area (Å²) in [7, 11) is 1.63. The Balaban J connectivity index is 1.35. The number of halogens is 2. The lowest BCUT2D eigenvalue weighted by molar-refractivity contribution is -0.0515. The number of aryl methyl sites for hydroxylation is 2. The summed E-state index contributed by atoms with van der Waals surface area (Å²) in [6.45, 7) is 0.928. The van der Waals surface area contributed by atoms with Gasteiger partial charge >= 0.3 is 12.6 Å². The number of aromatic nitrogens is 3. The fourth-order valence-corrected chi connectivity index (χ4v) is 4.04. The highest BCUT2D eigenvalue weighted by molar-refractivity contribution is 6.04. The molecule has 0 bridgehead atoms. The molecule has 2 aromatic carbocycles. The zero-order chi connectivity index (χ0) is 29.8. The summed E-state index contributed by atoms with van der Waals surface area (Å²) in [6.07, 6.45) is 3.50. The van der Waals surface area contributed by atoms with E-state index < -0.39 is 12.6 Å². The van der Waals surface area contributed by atoms with Crippen LogP contribution in [-0.2, 0) is 0 Å². The van der Waals surface area contributed by atoms with Crippen LogP contribution in [0, 0.1) is 19.8 Å². The fraction of sp³-hybridized carbons (Fsp3) is 0.258. The summed E-state index contributed by atoms with van der Waals surface area (Å²) in [6, 6.07) is 16.4. The van der Waals surface area contributed by atoms with Crippen LogP contribution < -0.4 is 19.1 Å². The third kappa shape index (κ3) is 6.85. The minimum Gasteiger partial charge on any atom is -0.489 e. The van der Waals surface area contributed by atoms with Crippen molar-refractivity contribution in [2.24, 2.45) is 5.92 Å². The Bertz CT molecular complexity index is 1610. The SMILES string of the molecule is Cc1ccc(N(C)C(=O)c2cccc(OC(=O)c3nc(-c4ccc(OC(F)F)c(OCC5CC5)c4)cnc3C)n2)cc1. The number of hydrogen-bond donors (Lipinski definition) is 0. The van der Waals surface area contributed by atoms with Crippen molar-refractivity contribution in [3.63, 3.8) is 0 Å². The average molecular weight is 575 g/mol. The summed E-state index contributed by atoms with van der Waals surface area (Å²) in [5.74, 6) is -0.851. The van der Waals surface area contributed by atoms with Crippen LogP contribution in [-0.4, -0.2) is 47.1 Å². The van der Waals surface area contributed by atoms with Crippen molar-refractivity contribution in [3.05, 3.63) is 89.5 Å². The van der Waals surface area contributed by atoms with Crippen LogP contribution in [0.2, 0.25) is 0 Å². The number of esters is 1. The molecule has 0 radical (unpaired) electrons. The monoisotopic (exact) mass is 574 g/mol. The maximum absolute atomic E-state index is 13.1. The van der Waals surface area contributed by atoms with Gasteiger partial charge in [0.1, 0.15) is 5.69 Å². The van der Waals surface area contributed by atoms with E-state index in [1.807, 2.05) is 31.2 Å². The lowest BCUT2D eigenvalue weighted by Crippen LogP contribution is -2.27. The molecular weight excluding hydrogens is 546 g/mol. The molecule has 0 spiro atoms. The Morgan fingerprint density at radius 2 is 1.76 bits per heavy atom. The van der Waals surface area contributed by atoms with Gasteiger partial charge in [0, 0.05) is 24.4 Å². The molecule has 4 aromatic rings. The first-order valence-electron chi connectivity index (χ1n) is 13.3. The van der Waals surface area contributed by atoms with Crippen LogP contribution in [0.4, 0.5) is 14.5 Å². The van der Waals surface area contributed by atoms with Gasteiger partial charge < -0.3 is 19.1 Å². The van der Waals surface area contributed by atoms with Gasteiger partial charge in [0.15, 0.2) is 17.2 Å². The number of rotatable bonds is 10. The minimum absolute atomic E-state index is 0.0730. The maximum Gasteiger partial charge on any atom is 0.387 e. The molecule has 1 saturated carbocycles. The normalized spacial score (nSPS) is 12.6. The number of ether oxygens (including phenoxy) is 3. The topological polar surface area (TPSA) is 104 Å². The van der Waals surface area contributed by atoms with E-state index >= 15 is 0 Å². The number of anilines is 1. The summed E-state index contributed by atoms with van der Waals surface area (Å²) < 4.78 is 41.7. The van der Waals surface area contributed by atoms with Gasteiger partial charge in [-0.3, -0.25) is 9.78 Å². The first kappa shape index (κ1) is 28.6.